The predicted molar refractivity (Wildman–Crippen MR) is 125 cm³/mol. The van der Waals surface area contributed by atoms with E-state index in [1.807, 2.05) is 6.92 Å². The van der Waals surface area contributed by atoms with Crippen LogP contribution in [-0.2, 0) is 9.47 Å². The molecule has 1 heterocycles. The van der Waals surface area contributed by atoms with E-state index >= 15 is 0 Å². The molecule has 5 aliphatic rings. The first-order chi connectivity index (χ1) is 16.7. The Morgan fingerprint density at radius 1 is 0.944 bits per heavy atom. The third kappa shape index (κ3) is 3.27. The minimum Gasteiger partial charge on any atom is -0.394 e. The zero-order valence-corrected chi connectivity index (χ0v) is 21.1. The minimum atomic E-state index is -1.58. The van der Waals surface area contributed by atoms with Crippen LogP contribution in [0.2, 0.25) is 0 Å². The molecule has 0 radical (unpaired) electrons. The normalized spacial score (nSPS) is 58.3. The maximum atomic E-state index is 11.6. The quantitative estimate of drug-likeness (QED) is 0.210. The Morgan fingerprint density at radius 3 is 2.25 bits per heavy atom. The molecule has 5 fully saturated rings. The van der Waals surface area contributed by atoms with Crippen LogP contribution in [-0.4, -0.2) is 109 Å². The number of hydrogen-bond acceptors (Lipinski definition) is 10. The van der Waals surface area contributed by atoms with Crippen LogP contribution in [0.15, 0.2) is 12.2 Å². The fourth-order valence-electron chi connectivity index (χ4n) is 9.11. The first-order valence-corrected chi connectivity index (χ1v) is 13.1. The Balaban J connectivity index is 1.57. The minimum absolute atomic E-state index is 0.128. The molecule has 0 aromatic heterocycles. The lowest BCUT2D eigenvalue weighted by atomic mass is 9.38. The molecule has 4 aliphatic carbocycles. The van der Waals surface area contributed by atoms with E-state index in [2.05, 4.69) is 20.4 Å². The van der Waals surface area contributed by atoms with E-state index in [1.165, 1.54) is 0 Å². The first kappa shape index (κ1) is 26.9. The van der Waals surface area contributed by atoms with Gasteiger partial charge in [0.2, 0.25) is 0 Å². The summed E-state index contributed by atoms with van der Waals surface area (Å²) < 4.78 is 12.0. The van der Waals surface area contributed by atoms with E-state index in [9.17, 15) is 40.9 Å². The molecule has 5 rings (SSSR count). The second kappa shape index (κ2) is 8.67. The van der Waals surface area contributed by atoms with Crippen molar-refractivity contribution < 1.29 is 50.3 Å². The summed E-state index contributed by atoms with van der Waals surface area (Å²) in [6.07, 6.45) is -10.3. The fourth-order valence-corrected chi connectivity index (χ4v) is 9.11. The molecular weight excluding hydrogens is 472 g/mol. The molecule has 206 valence electrons. The molecule has 2 bridgehead atoms. The van der Waals surface area contributed by atoms with Crippen LogP contribution >= 0.6 is 0 Å². The van der Waals surface area contributed by atoms with Gasteiger partial charge in [0.05, 0.1) is 42.5 Å². The maximum absolute atomic E-state index is 11.6. The molecular formula is C26H42O10. The van der Waals surface area contributed by atoms with Gasteiger partial charge in [-0.3, -0.25) is 0 Å². The van der Waals surface area contributed by atoms with Crippen molar-refractivity contribution in [2.45, 2.75) is 108 Å². The lowest BCUT2D eigenvalue weighted by Crippen LogP contribution is -2.72. The highest BCUT2D eigenvalue weighted by Gasteiger charge is 2.76. The fraction of sp³-hybridized carbons (Fsp3) is 0.923. The molecule has 36 heavy (non-hydrogen) atoms. The Morgan fingerprint density at radius 2 is 1.61 bits per heavy atom. The molecule has 0 amide bonds. The number of hydrogen-bond donors (Lipinski definition) is 8. The average molecular weight is 515 g/mol. The highest BCUT2D eigenvalue weighted by molar-refractivity contribution is 5.34. The van der Waals surface area contributed by atoms with Crippen molar-refractivity contribution in [2.75, 3.05) is 6.61 Å². The Hall–Kier alpha value is -0.660. The third-order valence-corrected chi connectivity index (χ3v) is 11.0. The Kier molecular flexibility index (Phi) is 6.49. The SMILES string of the molecule is C=C1[C@H]2[C@@H](O)[C@@]3([C@H](O)C[C@@H]4C(C)(C)CC[C@H](O[C@@H]5O[C@H](CO)[C@@H](O)[C@H](O)[C@H]5O)[C@@]4(C)[C@@H]3C[C@@H]2O)[C@H]1O. The van der Waals surface area contributed by atoms with Crippen molar-refractivity contribution in [3.63, 3.8) is 0 Å². The molecule has 0 aromatic carbocycles. The summed E-state index contributed by atoms with van der Waals surface area (Å²) in [6.45, 7) is 9.63. The average Bonchev–Trinajstić information content (AvgIpc) is 2.95. The molecule has 1 saturated heterocycles. The van der Waals surface area contributed by atoms with Gasteiger partial charge < -0.3 is 50.3 Å². The highest BCUT2D eigenvalue weighted by atomic mass is 16.7. The van der Waals surface area contributed by atoms with Gasteiger partial charge >= 0.3 is 0 Å². The molecule has 0 aromatic rings. The van der Waals surface area contributed by atoms with Crippen LogP contribution in [0.1, 0.15) is 46.5 Å². The summed E-state index contributed by atoms with van der Waals surface area (Å²) in [5, 5.41) is 86.3. The maximum Gasteiger partial charge on any atom is 0.186 e. The van der Waals surface area contributed by atoms with Gasteiger partial charge in [-0.1, -0.05) is 27.4 Å². The van der Waals surface area contributed by atoms with Crippen LogP contribution in [0.4, 0.5) is 0 Å². The van der Waals surface area contributed by atoms with E-state index in [4.69, 9.17) is 9.47 Å². The first-order valence-electron chi connectivity index (χ1n) is 13.1. The molecule has 10 nitrogen and oxygen atoms in total. The van der Waals surface area contributed by atoms with Gasteiger partial charge in [-0.2, -0.15) is 0 Å². The zero-order chi connectivity index (χ0) is 26.5. The van der Waals surface area contributed by atoms with Crippen molar-refractivity contribution in [3.05, 3.63) is 12.2 Å². The molecule has 1 aliphatic heterocycles. The van der Waals surface area contributed by atoms with Crippen molar-refractivity contribution in [1.29, 1.82) is 0 Å². The predicted octanol–water partition coefficient (Wildman–Crippen LogP) is -1.35. The van der Waals surface area contributed by atoms with Crippen LogP contribution < -0.4 is 0 Å². The Bertz CT molecular complexity index is 879. The molecule has 10 heteroatoms. The lowest BCUT2D eigenvalue weighted by molar-refractivity contribution is -0.347. The Labute approximate surface area is 211 Å². The summed E-state index contributed by atoms with van der Waals surface area (Å²) >= 11 is 0. The van der Waals surface area contributed by atoms with Gasteiger partial charge in [-0.15, -0.1) is 0 Å². The topological polar surface area (TPSA) is 180 Å². The number of rotatable bonds is 3. The summed E-state index contributed by atoms with van der Waals surface area (Å²) in [6, 6.07) is 0. The summed E-state index contributed by atoms with van der Waals surface area (Å²) in [4.78, 5) is 0. The van der Waals surface area contributed by atoms with Gasteiger partial charge in [-0.25, -0.2) is 0 Å². The van der Waals surface area contributed by atoms with Crippen molar-refractivity contribution in [3.8, 4) is 0 Å². The van der Waals surface area contributed by atoms with Crippen molar-refractivity contribution in [1.82, 2.24) is 0 Å². The second-order valence-electron chi connectivity index (χ2n) is 12.8. The summed E-state index contributed by atoms with van der Waals surface area (Å²) in [5.41, 5.74) is -2.01. The monoisotopic (exact) mass is 514 g/mol. The van der Waals surface area contributed by atoms with Crippen LogP contribution in [0.3, 0.4) is 0 Å². The van der Waals surface area contributed by atoms with E-state index in [0.29, 0.717) is 18.4 Å². The molecule has 0 unspecified atom stereocenters. The van der Waals surface area contributed by atoms with Gasteiger partial charge in [-0.05, 0) is 48.5 Å². The van der Waals surface area contributed by atoms with Crippen LogP contribution in [0.5, 0.6) is 0 Å². The standard InChI is InChI=1S/C26H42O10/c1-10-17-11(28)7-14-25(4)13(8-15(29)26(14,21(10)33)22(17)34)24(2,3)6-5-16(25)36-23-20(32)19(31)18(30)12(9-27)35-23/h11-23,27-34H,1,5-9H2,2-4H3/t11-,12+,13+,14-,15+,16-,17+,18+,19-,20+,21-,22+,23-,25+,26-/m0/s1. The van der Waals surface area contributed by atoms with Gasteiger partial charge in [0, 0.05) is 11.3 Å². The van der Waals surface area contributed by atoms with Crippen molar-refractivity contribution >= 4 is 0 Å². The molecule has 15 atom stereocenters. The number of ether oxygens (including phenoxy) is 2. The van der Waals surface area contributed by atoms with Crippen LogP contribution in [0, 0.1) is 34.0 Å². The van der Waals surface area contributed by atoms with Gasteiger partial charge in [0.25, 0.3) is 0 Å². The number of aliphatic hydroxyl groups is 8. The largest absolute Gasteiger partial charge is 0.394 e. The van der Waals surface area contributed by atoms with Crippen molar-refractivity contribution in [2.24, 2.45) is 34.0 Å². The lowest BCUT2D eigenvalue weighted by Gasteiger charge is -2.68. The smallest absolute Gasteiger partial charge is 0.186 e. The second-order valence-corrected chi connectivity index (χ2v) is 12.8. The van der Waals surface area contributed by atoms with E-state index in [-0.39, 0.29) is 17.8 Å². The van der Waals surface area contributed by atoms with E-state index < -0.39 is 90.5 Å². The number of fused-ring (bicyclic) bond motifs is 3. The third-order valence-electron chi connectivity index (χ3n) is 11.0. The van der Waals surface area contributed by atoms with E-state index in [1.54, 1.807) is 0 Å². The zero-order valence-electron chi connectivity index (χ0n) is 21.1. The summed E-state index contributed by atoms with van der Waals surface area (Å²) in [7, 11) is 0. The van der Waals surface area contributed by atoms with E-state index in [0.717, 1.165) is 6.42 Å². The van der Waals surface area contributed by atoms with Gasteiger partial charge in [0.1, 0.15) is 24.4 Å². The molecule has 8 N–H and O–H groups in total. The summed E-state index contributed by atoms with van der Waals surface area (Å²) in [5.74, 6) is -1.41. The highest BCUT2D eigenvalue weighted by Crippen LogP contribution is 2.72. The molecule has 1 spiro atoms. The van der Waals surface area contributed by atoms with Crippen LogP contribution in [0.25, 0.3) is 0 Å². The molecule has 4 saturated carbocycles. The number of aliphatic hydroxyl groups excluding tert-OH is 8. The van der Waals surface area contributed by atoms with Gasteiger partial charge in [0.15, 0.2) is 6.29 Å².